The SMILES string of the molecule is C=C1CCC[n+]2c1oc1ccc(-c3ccccc3)cc12. The maximum Gasteiger partial charge on any atom is 0.376 e. The van der Waals surface area contributed by atoms with Gasteiger partial charge in [-0.05, 0) is 23.6 Å². The van der Waals surface area contributed by atoms with E-state index in [9.17, 15) is 0 Å². The third-order valence-electron chi connectivity index (χ3n) is 3.97. The van der Waals surface area contributed by atoms with Crippen LogP contribution < -0.4 is 4.57 Å². The van der Waals surface area contributed by atoms with Crippen molar-refractivity contribution in [3.63, 3.8) is 0 Å². The van der Waals surface area contributed by atoms with Crippen LogP contribution in [0, 0.1) is 0 Å². The van der Waals surface area contributed by atoms with Gasteiger partial charge < -0.3 is 4.42 Å². The fourth-order valence-electron chi connectivity index (χ4n) is 2.94. The van der Waals surface area contributed by atoms with E-state index in [4.69, 9.17) is 4.42 Å². The molecule has 3 aromatic rings. The summed E-state index contributed by atoms with van der Waals surface area (Å²) in [7, 11) is 0. The van der Waals surface area contributed by atoms with Gasteiger partial charge in [-0.25, -0.2) is 0 Å². The van der Waals surface area contributed by atoms with Crippen molar-refractivity contribution >= 4 is 16.7 Å². The molecule has 20 heavy (non-hydrogen) atoms. The van der Waals surface area contributed by atoms with Gasteiger partial charge in [-0.3, -0.25) is 0 Å². The maximum atomic E-state index is 5.96. The smallest absolute Gasteiger partial charge is 0.376 e. The maximum absolute atomic E-state index is 5.96. The van der Waals surface area contributed by atoms with Crippen molar-refractivity contribution in [2.75, 3.05) is 0 Å². The predicted molar refractivity (Wildman–Crippen MR) is 80.1 cm³/mol. The average Bonchev–Trinajstić information content (AvgIpc) is 2.88. The highest BCUT2D eigenvalue weighted by Crippen LogP contribution is 2.28. The Hall–Kier alpha value is -2.35. The largest absolute Gasteiger partial charge is 0.398 e. The van der Waals surface area contributed by atoms with Crippen LogP contribution in [0.2, 0.25) is 0 Å². The van der Waals surface area contributed by atoms with Gasteiger partial charge in [0.1, 0.15) is 0 Å². The highest BCUT2D eigenvalue weighted by molar-refractivity contribution is 5.79. The molecule has 0 saturated heterocycles. The van der Waals surface area contributed by atoms with Gasteiger partial charge in [-0.2, -0.15) is 4.57 Å². The molecule has 2 heterocycles. The number of allylic oxidation sites excluding steroid dienone is 1. The lowest BCUT2D eigenvalue weighted by Gasteiger charge is -2.05. The van der Waals surface area contributed by atoms with E-state index in [1.54, 1.807) is 0 Å². The quantitative estimate of drug-likeness (QED) is 0.601. The molecule has 2 heteroatoms. The zero-order valence-corrected chi connectivity index (χ0v) is 11.3. The topological polar surface area (TPSA) is 17.0 Å². The number of benzene rings is 2. The molecule has 0 amide bonds. The number of nitrogens with zero attached hydrogens (tertiary/aromatic N) is 1. The second-order valence-corrected chi connectivity index (χ2v) is 5.31. The van der Waals surface area contributed by atoms with Crippen molar-refractivity contribution in [3.05, 3.63) is 61.0 Å². The summed E-state index contributed by atoms with van der Waals surface area (Å²) in [6, 6.07) is 16.9. The van der Waals surface area contributed by atoms with E-state index in [-0.39, 0.29) is 0 Å². The molecule has 1 aromatic heterocycles. The number of hydrogen-bond donors (Lipinski definition) is 0. The van der Waals surface area contributed by atoms with Crippen molar-refractivity contribution < 1.29 is 8.98 Å². The van der Waals surface area contributed by atoms with Gasteiger partial charge in [-0.1, -0.05) is 43.0 Å². The van der Waals surface area contributed by atoms with E-state index in [2.05, 4.69) is 53.6 Å². The first-order valence-corrected chi connectivity index (χ1v) is 7.03. The van der Waals surface area contributed by atoms with E-state index >= 15 is 0 Å². The summed E-state index contributed by atoms with van der Waals surface area (Å²) in [4.78, 5) is 0. The molecule has 2 nitrogen and oxygen atoms in total. The Labute approximate surface area is 118 Å². The molecule has 0 atom stereocenters. The molecule has 0 spiro atoms. The Morgan fingerprint density at radius 3 is 2.70 bits per heavy atom. The molecule has 4 rings (SSSR count). The highest BCUT2D eigenvalue weighted by Gasteiger charge is 2.28. The zero-order chi connectivity index (χ0) is 13.5. The Morgan fingerprint density at radius 2 is 1.85 bits per heavy atom. The van der Waals surface area contributed by atoms with Crippen LogP contribution in [-0.4, -0.2) is 0 Å². The number of rotatable bonds is 1. The Balaban J connectivity index is 1.93. The number of aromatic nitrogens is 1. The summed E-state index contributed by atoms with van der Waals surface area (Å²) < 4.78 is 8.21. The van der Waals surface area contributed by atoms with Crippen LogP contribution >= 0.6 is 0 Å². The minimum atomic E-state index is 0.941. The lowest BCUT2D eigenvalue weighted by Crippen LogP contribution is -2.38. The van der Waals surface area contributed by atoms with Crippen molar-refractivity contribution in [2.24, 2.45) is 0 Å². The number of fused-ring (bicyclic) bond motifs is 3. The first-order chi connectivity index (χ1) is 9.83. The number of oxazole rings is 1. The van der Waals surface area contributed by atoms with Crippen molar-refractivity contribution in [1.29, 1.82) is 0 Å². The Kier molecular flexibility index (Phi) is 2.49. The molecule has 98 valence electrons. The predicted octanol–water partition coefficient (Wildman–Crippen LogP) is 4.19. The van der Waals surface area contributed by atoms with Crippen LogP contribution in [-0.2, 0) is 6.54 Å². The molecule has 0 radical (unpaired) electrons. The van der Waals surface area contributed by atoms with Gasteiger partial charge >= 0.3 is 5.89 Å². The molecule has 0 bridgehead atoms. The van der Waals surface area contributed by atoms with E-state index in [0.29, 0.717) is 0 Å². The van der Waals surface area contributed by atoms with Gasteiger partial charge in [0.25, 0.3) is 5.52 Å². The third kappa shape index (κ3) is 1.68. The van der Waals surface area contributed by atoms with Crippen LogP contribution in [0.3, 0.4) is 0 Å². The van der Waals surface area contributed by atoms with Crippen LogP contribution in [0.15, 0.2) is 59.5 Å². The molecule has 0 aliphatic carbocycles. The highest BCUT2D eigenvalue weighted by atomic mass is 16.4. The summed E-state index contributed by atoms with van der Waals surface area (Å²) in [6.45, 7) is 5.13. The molecule has 2 aromatic carbocycles. The minimum Gasteiger partial charge on any atom is -0.398 e. The van der Waals surface area contributed by atoms with Crippen LogP contribution in [0.5, 0.6) is 0 Å². The second-order valence-electron chi connectivity index (χ2n) is 5.31. The summed E-state index contributed by atoms with van der Waals surface area (Å²) in [5.74, 6) is 0.941. The van der Waals surface area contributed by atoms with E-state index in [1.807, 2.05) is 6.07 Å². The van der Waals surface area contributed by atoms with E-state index in [0.717, 1.165) is 36.4 Å². The first kappa shape index (κ1) is 11.5. The molecule has 0 saturated carbocycles. The fourth-order valence-corrected chi connectivity index (χ4v) is 2.94. The Morgan fingerprint density at radius 1 is 1.00 bits per heavy atom. The normalized spacial score (nSPS) is 14.5. The van der Waals surface area contributed by atoms with Crippen molar-refractivity contribution in [1.82, 2.24) is 0 Å². The minimum absolute atomic E-state index is 0.941. The molecule has 1 aliphatic heterocycles. The standard InChI is InChI=1S/C18H16NO/c1-13-6-5-11-19-16-12-15(14-7-3-2-4-8-14)9-10-17(16)20-18(13)19/h2-4,7-10,12H,1,5-6,11H2/q+1. The van der Waals surface area contributed by atoms with Crippen LogP contribution in [0.4, 0.5) is 0 Å². The zero-order valence-electron chi connectivity index (χ0n) is 11.3. The molecule has 0 fully saturated rings. The summed E-state index contributed by atoms with van der Waals surface area (Å²) in [5.41, 5.74) is 5.68. The lowest BCUT2D eigenvalue weighted by molar-refractivity contribution is -0.682. The summed E-state index contributed by atoms with van der Waals surface area (Å²) >= 11 is 0. The van der Waals surface area contributed by atoms with Crippen LogP contribution in [0.1, 0.15) is 18.7 Å². The van der Waals surface area contributed by atoms with E-state index in [1.165, 1.54) is 16.6 Å². The Bertz CT molecular complexity index is 799. The first-order valence-electron chi connectivity index (χ1n) is 7.03. The van der Waals surface area contributed by atoms with Gasteiger partial charge in [0.2, 0.25) is 5.58 Å². The molecular formula is C18H16NO+. The van der Waals surface area contributed by atoms with Crippen LogP contribution in [0.25, 0.3) is 27.8 Å². The van der Waals surface area contributed by atoms with Gasteiger partial charge in [0.05, 0.1) is 5.57 Å². The second kappa shape index (κ2) is 4.34. The summed E-state index contributed by atoms with van der Waals surface area (Å²) in [5, 5.41) is 0. The summed E-state index contributed by atoms with van der Waals surface area (Å²) in [6.07, 6.45) is 2.17. The average molecular weight is 262 g/mol. The third-order valence-corrected chi connectivity index (χ3v) is 3.97. The number of aryl methyl sites for hydroxylation is 1. The molecule has 0 unspecified atom stereocenters. The van der Waals surface area contributed by atoms with Gasteiger partial charge in [0, 0.05) is 12.5 Å². The van der Waals surface area contributed by atoms with E-state index < -0.39 is 0 Å². The molecule has 1 aliphatic rings. The lowest BCUT2D eigenvalue weighted by atomic mass is 10.0. The molecular weight excluding hydrogens is 246 g/mol. The van der Waals surface area contributed by atoms with Crippen molar-refractivity contribution in [2.45, 2.75) is 19.4 Å². The number of hydrogen-bond acceptors (Lipinski definition) is 1. The molecule has 0 N–H and O–H groups in total. The fraction of sp³-hybridized carbons (Fsp3) is 0.167. The van der Waals surface area contributed by atoms with Gasteiger partial charge in [0.15, 0.2) is 6.54 Å². The van der Waals surface area contributed by atoms with Gasteiger partial charge in [-0.15, -0.1) is 0 Å². The monoisotopic (exact) mass is 262 g/mol. The van der Waals surface area contributed by atoms with Crippen molar-refractivity contribution in [3.8, 4) is 11.1 Å².